The van der Waals surface area contributed by atoms with Gasteiger partial charge in [0.15, 0.2) is 0 Å². The summed E-state index contributed by atoms with van der Waals surface area (Å²) in [5.74, 6) is 1.19. The molecule has 9 aromatic rings. The van der Waals surface area contributed by atoms with E-state index >= 15 is 0 Å². The van der Waals surface area contributed by atoms with Crippen molar-refractivity contribution in [2.45, 2.75) is 26.2 Å². The predicted molar refractivity (Wildman–Crippen MR) is 233 cm³/mol. The van der Waals surface area contributed by atoms with E-state index in [1.165, 1.54) is 22.3 Å². The van der Waals surface area contributed by atoms with Crippen molar-refractivity contribution in [1.82, 2.24) is 9.97 Å². The van der Waals surface area contributed by atoms with Gasteiger partial charge in [-0.05, 0) is 97.1 Å². The van der Waals surface area contributed by atoms with Crippen molar-refractivity contribution in [1.29, 1.82) is 0 Å². The summed E-state index contributed by atoms with van der Waals surface area (Å²) < 4.78 is 8.03. The Labute approximate surface area is 357 Å². The number of fused-ring (bicyclic) bond motifs is 3. The summed E-state index contributed by atoms with van der Waals surface area (Å²) in [6.45, 7) is 6.50. The Hall–Kier alpha value is -6.13. The third kappa shape index (κ3) is 6.36. The van der Waals surface area contributed by atoms with Crippen molar-refractivity contribution in [3.05, 3.63) is 221 Å². The zero-order chi connectivity index (χ0) is 38.5. The zero-order valence-corrected chi connectivity index (χ0v) is 35.2. The molecule has 1 aliphatic heterocycles. The molecule has 58 heavy (non-hydrogen) atoms. The van der Waals surface area contributed by atoms with Crippen LogP contribution < -0.4 is 9.64 Å². The molecule has 0 aliphatic carbocycles. The van der Waals surface area contributed by atoms with E-state index in [2.05, 4.69) is 183 Å². The molecule has 0 atom stereocenters. The van der Waals surface area contributed by atoms with Crippen molar-refractivity contribution in [2.75, 3.05) is 4.90 Å². The van der Waals surface area contributed by atoms with E-state index in [0.717, 1.165) is 65.8 Å². The second-order valence-electron chi connectivity index (χ2n) is 14.6. The van der Waals surface area contributed by atoms with Crippen LogP contribution in [0.3, 0.4) is 0 Å². The molecule has 10 rings (SSSR count). The van der Waals surface area contributed by atoms with Gasteiger partial charge < -0.3 is 9.64 Å². The Balaban J connectivity index is 0.00000436. The molecule has 0 amide bonds. The molecule has 0 saturated heterocycles. The maximum absolute atomic E-state index is 6.89. The number of benzene rings is 7. The number of rotatable bonds is 7. The Kier molecular flexibility index (Phi) is 9.89. The fourth-order valence-corrected chi connectivity index (χ4v) is 9.65. The maximum atomic E-state index is 6.89. The fourth-order valence-electron chi connectivity index (χ4n) is 8.72. The van der Waals surface area contributed by atoms with Gasteiger partial charge in [-0.25, -0.2) is 0 Å². The number of aromatic nitrogens is 2. The van der Waals surface area contributed by atoms with E-state index in [4.69, 9.17) is 14.7 Å². The molecule has 0 bridgehead atoms. The van der Waals surface area contributed by atoms with Crippen molar-refractivity contribution >= 4 is 38.6 Å². The molecule has 0 spiro atoms. The molecular weight excluding hydrogens is 910 g/mol. The molecule has 0 saturated carbocycles. The quantitative estimate of drug-likeness (QED) is 0.149. The minimum Gasteiger partial charge on any atom is -0.503 e. The average Bonchev–Trinajstić information content (AvgIpc) is 3.68. The van der Waals surface area contributed by atoms with Crippen LogP contribution in [0.1, 0.15) is 39.1 Å². The molecular formula is C52H37N3OPtS. The third-order valence-corrected chi connectivity index (χ3v) is 12.0. The Morgan fingerprint density at radius 1 is 0.621 bits per heavy atom. The molecule has 6 heteroatoms. The smallest absolute Gasteiger partial charge is 0.503 e. The Morgan fingerprint density at radius 3 is 2.00 bits per heavy atom. The first-order chi connectivity index (χ1) is 28.0. The number of ether oxygens (including phenoxy) is 1. The number of thiazole rings is 1. The topological polar surface area (TPSA) is 38.2 Å². The zero-order valence-electron chi connectivity index (χ0n) is 32.1. The van der Waals surface area contributed by atoms with E-state index in [1.54, 1.807) is 11.3 Å². The SMILES string of the molecule is Cc1cc(C)c(-c2cc(Oc3[c-]c(C4(c5ccccn5)c5ccccc5N(c5ccccc5)c5ccccc54)ccc3)[c-]c(-c3nc4ccccc4s3)c2)c(C)c1.[Pt+2]. The molecule has 282 valence electrons. The van der Waals surface area contributed by atoms with Crippen LogP contribution in [0.5, 0.6) is 11.5 Å². The van der Waals surface area contributed by atoms with Gasteiger partial charge in [-0.3, -0.25) is 9.97 Å². The van der Waals surface area contributed by atoms with E-state index in [1.807, 2.05) is 24.4 Å². The van der Waals surface area contributed by atoms with Gasteiger partial charge in [-0.2, -0.15) is 23.5 Å². The maximum Gasteiger partial charge on any atom is 2.00 e. The number of para-hydroxylation sites is 4. The number of nitrogens with zero attached hydrogens (tertiary/aromatic N) is 3. The largest absolute Gasteiger partial charge is 2.00 e. The van der Waals surface area contributed by atoms with Crippen molar-refractivity contribution < 1.29 is 25.8 Å². The summed E-state index contributed by atoms with van der Waals surface area (Å²) in [6.07, 6.45) is 1.88. The van der Waals surface area contributed by atoms with Gasteiger partial charge in [0.1, 0.15) is 0 Å². The Morgan fingerprint density at radius 2 is 1.29 bits per heavy atom. The summed E-state index contributed by atoms with van der Waals surface area (Å²) in [4.78, 5) is 12.5. The first-order valence-corrected chi connectivity index (χ1v) is 20.0. The molecule has 0 unspecified atom stereocenters. The molecule has 3 heterocycles. The van der Waals surface area contributed by atoms with Crippen LogP contribution in [-0.4, -0.2) is 9.97 Å². The number of hydrogen-bond acceptors (Lipinski definition) is 5. The van der Waals surface area contributed by atoms with E-state index in [-0.39, 0.29) is 21.1 Å². The van der Waals surface area contributed by atoms with Crippen LogP contribution in [0.2, 0.25) is 0 Å². The monoisotopic (exact) mass is 946 g/mol. The Bertz CT molecular complexity index is 2840. The van der Waals surface area contributed by atoms with Crippen molar-refractivity contribution in [3.63, 3.8) is 0 Å². The summed E-state index contributed by atoms with van der Waals surface area (Å²) in [7, 11) is 0. The second kappa shape index (κ2) is 15.3. The van der Waals surface area contributed by atoms with Crippen LogP contribution >= 0.6 is 11.3 Å². The van der Waals surface area contributed by atoms with Gasteiger partial charge in [0.05, 0.1) is 28.0 Å². The van der Waals surface area contributed by atoms with Gasteiger partial charge in [-0.1, -0.05) is 108 Å². The third-order valence-electron chi connectivity index (χ3n) is 10.9. The summed E-state index contributed by atoms with van der Waals surface area (Å²) in [6, 6.07) is 64.7. The minimum absolute atomic E-state index is 0. The summed E-state index contributed by atoms with van der Waals surface area (Å²) in [5, 5.41) is 0.899. The van der Waals surface area contributed by atoms with Crippen LogP contribution in [0.4, 0.5) is 17.1 Å². The molecule has 4 nitrogen and oxygen atoms in total. The second-order valence-corrected chi connectivity index (χ2v) is 15.6. The van der Waals surface area contributed by atoms with Gasteiger partial charge >= 0.3 is 21.1 Å². The van der Waals surface area contributed by atoms with Gasteiger partial charge in [0.2, 0.25) is 0 Å². The van der Waals surface area contributed by atoms with E-state index in [9.17, 15) is 0 Å². The van der Waals surface area contributed by atoms with Crippen LogP contribution in [-0.2, 0) is 26.5 Å². The standard InChI is InChI=1S/C52H37N3OS.Pt/c1-34-28-35(2)50(36(3)29-34)37-30-38(51-54-45-22-9-12-25-48(45)57-51)32-42(31-37)56-41-19-15-16-39(33-41)52(49-26-13-14-27-53-49)43-20-7-10-23-46(43)55(40-17-5-4-6-18-40)47-24-11-8-21-44(47)52;/h4-31H,1-3H3;/q-2;+2. The molecule has 1 aliphatic rings. The normalized spacial score (nSPS) is 12.7. The van der Waals surface area contributed by atoms with Crippen LogP contribution in [0.15, 0.2) is 170 Å². The number of pyridine rings is 1. The molecule has 0 fully saturated rings. The molecule has 7 aromatic carbocycles. The molecule has 0 radical (unpaired) electrons. The summed E-state index contributed by atoms with van der Waals surface area (Å²) in [5.41, 5.74) is 14.3. The summed E-state index contributed by atoms with van der Waals surface area (Å²) >= 11 is 1.67. The fraction of sp³-hybridized carbons (Fsp3) is 0.0769. The first kappa shape index (κ1) is 37.4. The average molecular weight is 947 g/mol. The number of anilines is 3. The molecule has 0 N–H and O–H groups in total. The van der Waals surface area contributed by atoms with E-state index in [0.29, 0.717) is 11.5 Å². The van der Waals surface area contributed by atoms with Gasteiger partial charge in [-0.15, -0.1) is 29.3 Å². The first-order valence-electron chi connectivity index (χ1n) is 19.2. The van der Waals surface area contributed by atoms with Crippen molar-refractivity contribution in [3.8, 4) is 33.2 Å². The minimum atomic E-state index is -0.813. The van der Waals surface area contributed by atoms with Crippen LogP contribution in [0, 0.1) is 32.9 Å². The number of hydrogen-bond donors (Lipinski definition) is 0. The van der Waals surface area contributed by atoms with Crippen molar-refractivity contribution in [2.24, 2.45) is 0 Å². The van der Waals surface area contributed by atoms with Crippen LogP contribution in [0.25, 0.3) is 31.9 Å². The van der Waals surface area contributed by atoms with Gasteiger partial charge in [0.25, 0.3) is 0 Å². The van der Waals surface area contributed by atoms with Gasteiger partial charge in [0, 0.05) is 33.1 Å². The number of aryl methyl sites for hydroxylation is 3. The van der Waals surface area contributed by atoms with E-state index < -0.39 is 5.41 Å². The molecule has 2 aromatic heterocycles. The predicted octanol–water partition coefficient (Wildman–Crippen LogP) is 13.5.